The van der Waals surface area contributed by atoms with E-state index in [0.29, 0.717) is 12.8 Å². The van der Waals surface area contributed by atoms with Crippen LogP contribution in [0.25, 0.3) is 0 Å². The summed E-state index contributed by atoms with van der Waals surface area (Å²) in [5.41, 5.74) is 6.48. The molecule has 0 aromatic rings. The number of carbonyl (C=O) groups is 1. The van der Waals surface area contributed by atoms with E-state index in [2.05, 4.69) is 0 Å². The van der Waals surface area contributed by atoms with Gasteiger partial charge in [-0.15, -0.1) is 0 Å². The van der Waals surface area contributed by atoms with E-state index in [4.69, 9.17) is 10.9 Å². The molecule has 4 heteroatoms. The van der Waals surface area contributed by atoms with E-state index in [1.807, 2.05) is 13.8 Å². The summed E-state index contributed by atoms with van der Waals surface area (Å²) in [5.74, 6) is -0.384. The Morgan fingerprint density at radius 2 is 2.00 bits per heavy atom. The van der Waals surface area contributed by atoms with Crippen LogP contribution in [0.1, 0.15) is 26.7 Å². The maximum Gasteiger partial charge on any atom is 0.250 e. The van der Waals surface area contributed by atoms with Crippen molar-refractivity contribution >= 4 is 5.91 Å². The van der Waals surface area contributed by atoms with E-state index in [0.717, 1.165) is 0 Å². The van der Waals surface area contributed by atoms with Gasteiger partial charge in [0.15, 0.2) is 0 Å². The third kappa shape index (κ3) is 1.91. The van der Waals surface area contributed by atoms with Crippen LogP contribution in [-0.2, 0) is 4.79 Å². The molecule has 0 bridgehead atoms. The molecule has 0 aliphatic carbocycles. The largest absolute Gasteiger partial charge is 0.329 e. The van der Waals surface area contributed by atoms with Crippen molar-refractivity contribution in [3.8, 4) is 0 Å². The van der Waals surface area contributed by atoms with Crippen LogP contribution in [-0.4, -0.2) is 17.7 Å². The predicted octanol–water partition coefficient (Wildman–Crippen LogP) is 0.257. The Hall–Kier alpha value is -0.610. The SMILES string of the molecule is CCC(CC)(CN)C(=O)NO. The van der Waals surface area contributed by atoms with Crippen molar-refractivity contribution in [3.63, 3.8) is 0 Å². The smallest absolute Gasteiger partial charge is 0.250 e. The van der Waals surface area contributed by atoms with Gasteiger partial charge in [-0.25, -0.2) is 5.48 Å². The minimum atomic E-state index is -0.589. The fraction of sp³-hybridized carbons (Fsp3) is 0.857. The number of nitrogens with two attached hydrogens (primary N) is 1. The lowest BCUT2D eigenvalue weighted by molar-refractivity contribution is -0.139. The lowest BCUT2D eigenvalue weighted by atomic mass is 9.82. The molecule has 0 fully saturated rings. The second kappa shape index (κ2) is 4.31. The second-order valence-corrected chi connectivity index (χ2v) is 2.63. The zero-order valence-electron chi connectivity index (χ0n) is 7.05. The zero-order chi connectivity index (χ0) is 8.91. The highest BCUT2D eigenvalue weighted by Crippen LogP contribution is 2.24. The second-order valence-electron chi connectivity index (χ2n) is 2.63. The number of rotatable bonds is 4. The third-order valence-electron chi connectivity index (χ3n) is 2.33. The van der Waals surface area contributed by atoms with Gasteiger partial charge in [0, 0.05) is 6.54 Å². The van der Waals surface area contributed by atoms with Crippen molar-refractivity contribution in [1.29, 1.82) is 0 Å². The predicted molar refractivity (Wildman–Crippen MR) is 42.0 cm³/mol. The number of hydroxylamine groups is 1. The molecule has 0 atom stereocenters. The quantitative estimate of drug-likeness (QED) is 0.408. The highest BCUT2D eigenvalue weighted by Gasteiger charge is 2.32. The van der Waals surface area contributed by atoms with Gasteiger partial charge < -0.3 is 5.73 Å². The van der Waals surface area contributed by atoms with Crippen molar-refractivity contribution in [2.24, 2.45) is 11.1 Å². The van der Waals surface area contributed by atoms with Crippen LogP contribution in [0, 0.1) is 5.41 Å². The molecule has 4 N–H and O–H groups in total. The molecule has 0 aromatic carbocycles. The lowest BCUT2D eigenvalue weighted by Gasteiger charge is -2.26. The average molecular weight is 160 g/mol. The fourth-order valence-corrected chi connectivity index (χ4v) is 1.07. The van der Waals surface area contributed by atoms with Gasteiger partial charge in [-0.05, 0) is 12.8 Å². The van der Waals surface area contributed by atoms with Crippen LogP contribution in [0.15, 0.2) is 0 Å². The van der Waals surface area contributed by atoms with Crippen molar-refractivity contribution in [2.75, 3.05) is 6.54 Å². The minimum Gasteiger partial charge on any atom is -0.329 e. The van der Waals surface area contributed by atoms with Crippen LogP contribution in [0.2, 0.25) is 0 Å². The summed E-state index contributed by atoms with van der Waals surface area (Å²) in [6.45, 7) is 4.03. The Morgan fingerprint density at radius 3 is 2.09 bits per heavy atom. The van der Waals surface area contributed by atoms with Crippen molar-refractivity contribution in [2.45, 2.75) is 26.7 Å². The monoisotopic (exact) mass is 160 g/mol. The van der Waals surface area contributed by atoms with Crippen LogP contribution >= 0.6 is 0 Å². The standard InChI is InChI=1S/C7H16N2O2/c1-3-7(4-2,5-8)6(10)9-11/h11H,3-5,8H2,1-2H3,(H,9,10). The van der Waals surface area contributed by atoms with Gasteiger partial charge in [0.2, 0.25) is 0 Å². The fourth-order valence-electron chi connectivity index (χ4n) is 1.07. The first-order chi connectivity index (χ1) is 5.16. The maximum absolute atomic E-state index is 11.1. The van der Waals surface area contributed by atoms with Gasteiger partial charge in [0.25, 0.3) is 5.91 Å². The average Bonchev–Trinajstić information content (AvgIpc) is 2.08. The van der Waals surface area contributed by atoms with E-state index in [-0.39, 0.29) is 12.5 Å². The molecule has 0 radical (unpaired) electrons. The topological polar surface area (TPSA) is 75.4 Å². The van der Waals surface area contributed by atoms with Crippen molar-refractivity contribution < 1.29 is 10.0 Å². The molecular formula is C7H16N2O2. The molecule has 1 amide bonds. The molecule has 0 rings (SSSR count). The number of amides is 1. The molecule has 0 heterocycles. The number of hydrogen-bond donors (Lipinski definition) is 3. The Bertz CT molecular complexity index is 124. The molecule has 11 heavy (non-hydrogen) atoms. The van der Waals surface area contributed by atoms with Crippen LogP contribution in [0.5, 0.6) is 0 Å². The third-order valence-corrected chi connectivity index (χ3v) is 2.33. The lowest BCUT2D eigenvalue weighted by Crippen LogP contribution is -2.44. The summed E-state index contributed by atoms with van der Waals surface area (Å²) in [4.78, 5) is 11.1. The zero-order valence-corrected chi connectivity index (χ0v) is 7.05. The highest BCUT2D eigenvalue weighted by atomic mass is 16.5. The summed E-state index contributed by atoms with van der Waals surface area (Å²) < 4.78 is 0. The Labute approximate surface area is 66.7 Å². The molecule has 0 aliphatic rings. The Balaban J connectivity index is 4.39. The van der Waals surface area contributed by atoms with Gasteiger partial charge in [0.1, 0.15) is 0 Å². The van der Waals surface area contributed by atoms with Crippen molar-refractivity contribution in [3.05, 3.63) is 0 Å². The van der Waals surface area contributed by atoms with E-state index >= 15 is 0 Å². The summed E-state index contributed by atoms with van der Waals surface area (Å²) in [6.07, 6.45) is 1.29. The highest BCUT2D eigenvalue weighted by molar-refractivity contribution is 5.81. The van der Waals surface area contributed by atoms with E-state index in [1.165, 1.54) is 0 Å². The molecule has 0 aliphatic heterocycles. The van der Waals surface area contributed by atoms with E-state index in [9.17, 15) is 4.79 Å². The molecule has 0 aromatic heterocycles. The first kappa shape index (κ1) is 10.4. The minimum absolute atomic E-state index is 0.270. The Morgan fingerprint density at radius 1 is 1.55 bits per heavy atom. The van der Waals surface area contributed by atoms with Crippen LogP contribution in [0.3, 0.4) is 0 Å². The molecule has 0 unspecified atom stereocenters. The summed E-state index contributed by atoms with van der Waals surface area (Å²) in [7, 11) is 0. The first-order valence-corrected chi connectivity index (χ1v) is 3.81. The molecular weight excluding hydrogens is 144 g/mol. The van der Waals surface area contributed by atoms with Gasteiger partial charge in [-0.1, -0.05) is 13.8 Å². The molecule has 0 saturated heterocycles. The molecule has 0 saturated carbocycles. The normalized spacial score (nSPS) is 11.3. The van der Waals surface area contributed by atoms with Gasteiger partial charge >= 0.3 is 0 Å². The van der Waals surface area contributed by atoms with Gasteiger partial charge in [-0.3, -0.25) is 10.0 Å². The number of carbonyl (C=O) groups excluding carboxylic acids is 1. The first-order valence-electron chi connectivity index (χ1n) is 3.81. The molecule has 0 spiro atoms. The van der Waals surface area contributed by atoms with Gasteiger partial charge in [-0.2, -0.15) is 0 Å². The summed E-state index contributed by atoms with van der Waals surface area (Å²) in [6, 6.07) is 0. The Kier molecular flexibility index (Phi) is 4.07. The van der Waals surface area contributed by atoms with E-state index in [1.54, 1.807) is 5.48 Å². The van der Waals surface area contributed by atoms with Gasteiger partial charge in [0.05, 0.1) is 5.41 Å². The van der Waals surface area contributed by atoms with Crippen LogP contribution in [0.4, 0.5) is 0 Å². The van der Waals surface area contributed by atoms with E-state index < -0.39 is 5.41 Å². The molecule has 4 nitrogen and oxygen atoms in total. The van der Waals surface area contributed by atoms with Crippen LogP contribution < -0.4 is 11.2 Å². The number of nitrogens with one attached hydrogen (secondary N) is 1. The van der Waals surface area contributed by atoms with Crippen molar-refractivity contribution in [1.82, 2.24) is 5.48 Å². The number of hydrogen-bond acceptors (Lipinski definition) is 3. The maximum atomic E-state index is 11.1. The summed E-state index contributed by atoms with van der Waals surface area (Å²) in [5, 5.41) is 8.41. The molecule has 66 valence electrons. The summed E-state index contributed by atoms with van der Waals surface area (Å²) >= 11 is 0.